The number of carbonyl (C=O) groups is 1. The van der Waals surface area contributed by atoms with Crippen molar-refractivity contribution in [2.45, 2.75) is 26.2 Å². The van der Waals surface area contributed by atoms with Crippen LogP contribution in [0.3, 0.4) is 0 Å². The van der Waals surface area contributed by atoms with Gasteiger partial charge in [0.15, 0.2) is 0 Å². The smallest absolute Gasteiger partial charge is 0.123 e. The molecule has 0 amide bonds. The Kier molecular flexibility index (Phi) is 2.67. The van der Waals surface area contributed by atoms with Crippen molar-refractivity contribution in [3.05, 3.63) is 12.2 Å². The Morgan fingerprint density at radius 1 is 1.60 bits per heavy atom. The molecule has 1 rings (SSSR count). The minimum Gasteiger partial charge on any atom is -0.303 e. The van der Waals surface area contributed by atoms with Gasteiger partial charge in [0, 0.05) is 5.92 Å². The van der Waals surface area contributed by atoms with E-state index in [0.717, 1.165) is 25.5 Å². The second kappa shape index (κ2) is 3.55. The number of rotatable bonds is 3. The van der Waals surface area contributed by atoms with Gasteiger partial charge in [-0.3, -0.25) is 0 Å². The molecule has 0 spiro atoms. The molecule has 0 N–H and O–H groups in total. The van der Waals surface area contributed by atoms with E-state index >= 15 is 0 Å². The summed E-state index contributed by atoms with van der Waals surface area (Å²) in [5, 5.41) is 0. The standard InChI is InChI=1S/C9H14O/c1-2-8(7-10)9-5-3-4-6-9/h3-4,7-9H,2,5-6H2,1H3. The molecule has 1 aliphatic carbocycles. The normalized spacial score (nSPS) is 21.3. The average Bonchev–Trinajstić information content (AvgIpc) is 2.43. The van der Waals surface area contributed by atoms with E-state index in [4.69, 9.17) is 0 Å². The second-order valence-electron chi connectivity index (χ2n) is 2.91. The van der Waals surface area contributed by atoms with Crippen LogP contribution in [0.15, 0.2) is 12.2 Å². The lowest BCUT2D eigenvalue weighted by Gasteiger charge is -2.14. The fraction of sp³-hybridized carbons (Fsp3) is 0.667. The van der Waals surface area contributed by atoms with E-state index in [0.29, 0.717) is 11.8 Å². The minimum absolute atomic E-state index is 0.301. The van der Waals surface area contributed by atoms with Gasteiger partial charge >= 0.3 is 0 Å². The molecule has 1 nitrogen and oxygen atoms in total. The Labute approximate surface area is 62.1 Å². The summed E-state index contributed by atoms with van der Waals surface area (Å²) in [6.07, 6.45) is 8.68. The Morgan fingerprint density at radius 3 is 2.60 bits per heavy atom. The summed E-state index contributed by atoms with van der Waals surface area (Å²) in [6.45, 7) is 2.08. The van der Waals surface area contributed by atoms with Crippen molar-refractivity contribution in [2.24, 2.45) is 11.8 Å². The summed E-state index contributed by atoms with van der Waals surface area (Å²) in [5.74, 6) is 0.914. The summed E-state index contributed by atoms with van der Waals surface area (Å²) in [5.41, 5.74) is 0. The number of hydrogen-bond donors (Lipinski definition) is 0. The Hall–Kier alpha value is -0.590. The van der Waals surface area contributed by atoms with Crippen LogP contribution >= 0.6 is 0 Å². The third-order valence-electron chi connectivity index (χ3n) is 2.30. The van der Waals surface area contributed by atoms with Crippen LogP contribution in [0.5, 0.6) is 0 Å². The zero-order valence-electron chi connectivity index (χ0n) is 6.42. The highest BCUT2D eigenvalue weighted by Crippen LogP contribution is 2.26. The first kappa shape index (κ1) is 7.52. The van der Waals surface area contributed by atoms with Crippen LogP contribution in [0.2, 0.25) is 0 Å². The highest BCUT2D eigenvalue weighted by molar-refractivity contribution is 5.54. The molecule has 0 aromatic carbocycles. The summed E-state index contributed by atoms with van der Waals surface area (Å²) < 4.78 is 0. The molecule has 10 heavy (non-hydrogen) atoms. The Bertz CT molecular complexity index is 130. The van der Waals surface area contributed by atoms with E-state index in [9.17, 15) is 4.79 Å². The lowest BCUT2D eigenvalue weighted by Crippen LogP contribution is -2.11. The zero-order chi connectivity index (χ0) is 7.40. The van der Waals surface area contributed by atoms with Crippen molar-refractivity contribution in [1.82, 2.24) is 0 Å². The molecule has 1 unspecified atom stereocenters. The second-order valence-corrected chi connectivity index (χ2v) is 2.91. The molecular formula is C9H14O. The van der Waals surface area contributed by atoms with Gasteiger partial charge in [0.2, 0.25) is 0 Å². The quantitative estimate of drug-likeness (QED) is 0.431. The molecule has 0 saturated heterocycles. The fourth-order valence-electron chi connectivity index (χ4n) is 1.53. The number of carbonyl (C=O) groups excluding carboxylic acids is 1. The van der Waals surface area contributed by atoms with Gasteiger partial charge < -0.3 is 4.79 Å². The fourth-order valence-corrected chi connectivity index (χ4v) is 1.53. The lowest BCUT2D eigenvalue weighted by atomic mass is 9.90. The molecule has 0 radical (unpaired) electrons. The first-order valence-electron chi connectivity index (χ1n) is 3.98. The molecule has 0 aromatic rings. The number of aldehydes is 1. The van der Waals surface area contributed by atoms with E-state index in [1.807, 2.05) is 0 Å². The van der Waals surface area contributed by atoms with Crippen molar-refractivity contribution in [3.8, 4) is 0 Å². The zero-order valence-corrected chi connectivity index (χ0v) is 6.42. The molecule has 0 heterocycles. The molecule has 1 aliphatic rings. The molecular weight excluding hydrogens is 124 g/mol. The maximum Gasteiger partial charge on any atom is 0.123 e. The number of hydrogen-bond acceptors (Lipinski definition) is 1. The molecule has 0 bridgehead atoms. The van der Waals surface area contributed by atoms with Crippen LogP contribution in [-0.4, -0.2) is 6.29 Å². The Balaban J connectivity index is 2.38. The monoisotopic (exact) mass is 138 g/mol. The van der Waals surface area contributed by atoms with Crippen LogP contribution in [0.1, 0.15) is 26.2 Å². The predicted octanol–water partition coefficient (Wildman–Crippen LogP) is 2.18. The topological polar surface area (TPSA) is 17.1 Å². The van der Waals surface area contributed by atoms with Gasteiger partial charge in [0.1, 0.15) is 6.29 Å². The summed E-state index contributed by atoms with van der Waals surface area (Å²) in [7, 11) is 0. The molecule has 0 fully saturated rings. The van der Waals surface area contributed by atoms with Gasteiger partial charge in [0.05, 0.1) is 0 Å². The van der Waals surface area contributed by atoms with Gasteiger partial charge in [-0.1, -0.05) is 19.1 Å². The van der Waals surface area contributed by atoms with Crippen LogP contribution < -0.4 is 0 Å². The van der Waals surface area contributed by atoms with E-state index < -0.39 is 0 Å². The molecule has 56 valence electrons. The van der Waals surface area contributed by atoms with Crippen LogP contribution in [-0.2, 0) is 4.79 Å². The largest absolute Gasteiger partial charge is 0.303 e. The molecule has 0 aromatic heterocycles. The third kappa shape index (κ3) is 1.47. The molecule has 1 atom stereocenters. The maximum absolute atomic E-state index is 10.5. The maximum atomic E-state index is 10.5. The van der Waals surface area contributed by atoms with E-state index in [1.54, 1.807) is 0 Å². The Morgan fingerprint density at radius 2 is 2.20 bits per heavy atom. The van der Waals surface area contributed by atoms with Gasteiger partial charge in [-0.25, -0.2) is 0 Å². The average molecular weight is 138 g/mol. The van der Waals surface area contributed by atoms with Gasteiger partial charge in [-0.15, -0.1) is 0 Å². The van der Waals surface area contributed by atoms with Crippen molar-refractivity contribution < 1.29 is 4.79 Å². The SMILES string of the molecule is CCC(C=O)C1CC=CC1. The highest BCUT2D eigenvalue weighted by Gasteiger charge is 2.19. The van der Waals surface area contributed by atoms with Crippen LogP contribution in [0, 0.1) is 11.8 Å². The first-order chi connectivity index (χ1) is 4.88. The van der Waals surface area contributed by atoms with Crippen molar-refractivity contribution >= 4 is 6.29 Å². The predicted molar refractivity (Wildman–Crippen MR) is 41.7 cm³/mol. The van der Waals surface area contributed by atoms with Gasteiger partial charge in [-0.2, -0.15) is 0 Å². The highest BCUT2D eigenvalue weighted by atomic mass is 16.1. The molecule has 1 heteroatoms. The van der Waals surface area contributed by atoms with E-state index in [-0.39, 0.29) is 0 Å². The van der Waals surface area contributed by atoms with Crippen molar-refractivity contribution in [1.29, 1.82) is 0 Å². The summed E-state index contributed by atoms with van der Waals surface area (Å²) in [6, 6.07) is 0. The van der Waals surface area contributed by atoms with Gasteiger partial charge in [0.25, 0.3) is 0 Å². The number of allylic oxidation sites excluding steroid dienone is 2. The molecule has 0 saturated carbocycles. The molecule has 0 aliphatic heterocycles. The minimum atomic E-state index is 0.301. The van der Waals surface area contributed by atoms with Crippen LogP contribution in [0.4, 0.5) is 0 Å². The van der Waals surface area contributed by atoms with Crippen LogP contribution in [0.25, 0.3) is 0 Å². The van der Waals surface area contributed by atoms with E-state index in [2.05, 4.69) is 19.1 Å². The summed E-state index contributed by atoms with van der Waals surface area (Å²) >= 11 is 0. The third-order valence-corrected chi connectivity index (χ3v) is 2.30. The van der Waals surface area contributed by atoms with Crippen molar-refractivity contribution in [2.75, 3.05) is 0 Å². The summed E-state index contributed by atoms with van der Waals surface area (Å²) in [4.78, 5) is 10.5. The lowest BCUT2D eigenvalue weighted by molar-refractivity contribution is -0.112. The van der Waals surface area contributed by atoms with Crippen molar-refractivity contribution in [3.63, 3.8) is 0 Å². The first-order valence-corrected chi connectivity index (χ1v) is 3.98. The van der Waals surface area contributed by atoms with Gasteiger partial charge in [-0.05, 0) is 25.2 Å². The van der Waals surface area contributed by atoms with E-state index in [1.165, 1.54) is 0 Å².